The van der Waals surface area contributed by atoms with Gasteiger partial charge in [-0.1, -0.05) is 20.4 Å². The Morgan fingerprint density at radius 3 is 2.69 bits per heavy atom. The lowest BCUT2D eigenvalue weighted by Crippen LogP contribution is -2.17. The molecule has 0 aliphatic carbocycles. The summed E-state index contributed by atoms with van der Waals surface area (Å²) >= 11 is 0. The van der Waals surface area contributed by atoms with E-state index in [-0.39, 0.29) is 0 Å². The summed E-state index contributed by atoms with van der Waals surface area (Å²) in [6.45, 7) is 8.04. The van der Waals surface area contributed by atoms with Crippen molar-refractivity contribution in [1.82, 2.24) is 4.57 Å². The van der Waals surface area contributed by atoms with Crippen LogP contribution in [0.5, 0.6) is 0 Å². The largest absolute Gasteiger partial charge is 0.307 e. The van der Waals surface area contributed by atoms with Crippen LogP contribution in [0.3, 0.4) is 0 Å². The maximum atomic E-state index is 7.75. The van der Waals surface area contributed by atoms with E-state index in [2.05, 4.69) is 13.5 Å². The van der Waals surface area contributed by atoms with Crippen molar-refractivity contribution >= 4 is 5.70 Å². The van der Waals surface area contributed by atoms with Crippen molar-refractivity contribution in [3.63, 3.8) is 0 Å². The van der Waals surface area contributed by atoms with Crippen LogP contribution in [0.1, 0.15) is 25.8 Å². The fraction of sp³-hybridized carbons (Fsp3) is 0.364. The van der Waals surface area contributed by atoms with Crippen molar-refractivity contribution in [2.45, 2.75) is 26.7 Å². The van der Waals surface area contributed by atoms with Crippen molar-refractivity contribution < 1.29 is 0 Å². The molecule has 0 saturated heterocycles. The van der Waals surface area contributed by atoms with Gasteiger partial charge in [-0.15, -0.1) is 0 Å². The van der Waals surface area contributed by atoms with Crippen LogP contribution in [0.25, 0.3) is 5.70 Å². The zero-order chi connectivity index (χ0) is 9.84. The third kappa shape index (κ3) is 2.08. The van der Waals surface area contributed by atoms with Gasteiger partial charge in [0.15, 0.2) is 0 Å². The Balaban J connectivity index is 3.13. The summed E-state index contributed by atoms with van der Waals surface area (Å²) < 4.78 is 1.82. The van der Waals surface area contributed by atoms with Gasteiger partial charge in [-0.05, 0) is 30.5 Å². The smallest absolute Gasteiger partial charge is 0.129 e. The van der Waals surface area contributed by atoms with E-state index in [4.69, 9.17) is 5.41 Å². The first kappa shape index (κ1) is 9.78. The van der Waals surface area contributed by atoms with Crippen LogP contribution in [0, 0.1) is 5.41 Å². The van der Waals surface area contributed by atoms with E-state index < -0.39 is 0 Å². The number of aryl methyl sites for hydroxylation is 1. The lowest BCUT2D eigenvalue weighted by molar-refractivity contribution is 0.895. The molecule has 0 unspecified atom stereocenters. The summed E-state index contributed by atoms with van der Waals surface area (Å²) in [5.74, 6) is 0. The number of nitrogens with zero attached hydrogens (tertiary/aromatic N) is 1. The molecule has 0 saturated carbocycles. The monoisotopic (exact) mass is 176 g/mol. The molecule has 0 aliphatic rings. The van der Waals surface area contributed by atoms with Crippen LogP contribution in [0.15, 0.2) is 24.9 Å². The molecule has 0 aliphatic heterocycles. The molecule has 1 aromatic heterocycles. The van der Waals surface area contributed by atoms with Crippen LogP contribution in [0.4, 0.5) is 0 Å². The maximum absolute atomic E-state index is 7.75. The lowest BCUT2D eigenvalue weighted by atomic mass is 10.2. The van der Waals surface area contributed by atoms with Gasteiger partial charge in [0.25, 0.3) is 0 Å². The molecule has 0 bridgehead atoms. The third-order valence-corrected chi connectivity index (χ3v) is 2.18. The van der Waals surface area contributed by atoms with E-state index in [1.165, 1.54) is 5.56 Å². The fourth-order valence-electron chi connectivity index (χ4n) is 1.21. The zero-order valence-corrected chi connectivity index (χ0v) is 8.30. The Labute approximate surface area is 79.0 Å². The molecular formula is C11H16N2. The molecule has 13 heavy (non-hydrogen) atoms. The third-order valence-electron chi connectivity index (χ3n) is 2.18. The second-order valence-electron chi connectivity index (χ2n) is 3.06. The van der Waals surface area contributed by atoms with Crippen LogP contribution in [-0.2, 0) is 6.42 Å². The number of aromatic nitrogens is 1. The Bertz CT molecular complexity index is 361. The normalized spacial score (nSPS) is 10.0. The summed E-state index contributed by atoms with van der Waals surface area (Å²) in [5, 5.41) is 7.75. The Hall–Kier alpha value is -1.31. The van der Waals surface area contributed by atoms with E-state index >= 15 is 0 Å². The summed E-state index contributed by atoms with van der Waals surface area (Å²) in [6.07, 6.45) is 3.78. The second kappa shape index (κ2) is 4.08. The highest BCUT2D eigenvalue weighted by Gasteiger charge is 1.96. The predicted molar refractivity (Wildman–Crippen MR) is 55.3 cm³/mol. The van der Waals surface area contributed by atoms with Crippen molar-refractivity contribution in [2.24, 2.45) is 0 Å². The first-order valence-electron chi connectivity index (χ1n) is 4.63. The molecular weight excluding hydrogens is 160 g/mol. The van der Waals surface area contributed by atoms with Gasteiger partial charge < -0.3 is 4.57 Å². The average Bonchev–Trinajstić information content (AvgIpc) is 2.16. The number of hydrogen-bond donors (Lipinski definition) is 1. The van der Waals surface area contributed by atoms with Gasteiger partial charge in [0.05, 0.1) is 0 Å². The van der Waals surface area contributed by atoms with Crippen molar-refractivity contribution in [2.75, 3.05) is 0 Å². The summed E-state index contributed by atoms with van der Waals surface area (Å²) in [4.78, 5) is 0. The van der Waals surface area contributed by atoms with Crippen LogP contribution in [-0.4, -0.2) is 4.57 Å². The number of allylic oxidation sites excluding steroid dienone is 1. The van der Waals surface area contributed by atoms with E-state index in [0.29, 0.717) is 5.49 Å². The van der Waals surface area contributed by atoms with Gasteiger partial charge >= 0.3 is 0 Å². The summed E-state index contributed by atoms with van der Waals surface area (Å²) in [6, 6.07) is 3.93. The Morgan fingerprint density at radius 1 is 1.54 bits per heavy atom. The highest BCUT2D eigenvalue weighted by Crippen LogP contribution is 2.03. The van der Waals surface area contributed by atoms with E-state index in [1.54, 1.807) is 0 Å². The second-order valence-corrected chi connectivity index (χ2v) is 3.06. The fourth-order valence-corrected chi connectivity index (χ4v) is 1.21. The molecule has 2 heteroatoms. The topological polar surface area (TPSA) is 28.8 Å². The number of pyridine rings is 1. The number of nitrogens with one attached hydrogen (secondary N) is 1. The molecule has 1 aromatic rings. The maximum Gasteiger partial charge on any atom is 0.129 e. The van der Waals surface area contributed by atoms with Gasteiger partial charge in [-0.25, -0.2) is 0 Å². The first-order valence-corrected chi connectivity index (χ1v) is 4.63. The van der Waals surface area contributed by atoms with Crippen LogP contribution >= 0.6 is 0 Å². The van der Waals surface area contributed by atoms with E-state index in [9.17, 15) is 0 Å². The average molecular weight is 176 g/mol. The summed E-state index contributed by atoms with van der Waals surface area (Å²) in [5.41, 5.74) is 2.68. The Morgan fingerprint density at radius 2 is 2.23 bits per heavy atom. The molecule has 70 valence electrons. The highest BCUT2D eigenvalue weighted by atomic mass is 15.0. The van der Waals surface area contributed by atoms with Gasteiger partial charge in [0.1, 0.15) is 5.49 Å². The SMILES string of the molecule is C=C(CC)n1ccc(CC)cc1=N. The molecule has 0 spiro atoms. The molecule has 0 aromatic carbocycles. The zero-order valence-electron chi connectivity index (χ0n) is 8.30. The van der Waals surface area contributed by atoms with Gasteiger partial charge in [0.2, 0.25) is 0 Å². The molecule has 1 heterocycles. The minimum absolute atomic E-state index is 0.520. The number of rotatable bonds is 3. The first-order chi connectivity index (χ1) is 6.19. The quantitative estimate of drug-likeness (QED) is 0.732. The highest BCUT2D eigenvalue weighted by molar-refractivity contribution is 5.40. The van der Waals surface area contributed by atoms with Gasteiger partial charge in [-0.3, -0.25) is 5.41 Å². The van der Waals surface area contributed by atoms with E-state index in [1.807, 2.05) is 29.8 Å². The predicted octanol–water partition coefficient (Wildman–Crippen LogP) is 2.41. The van der Waals surface area contributed by atoms with Crippen LogP contribution < -0.4 is 5.49 Å². The lowest BCUT2D eigenvalue weighted by Gasteiger charge is -2.08. The van der Waals surface area contributed by atoms with Crippen molar-refractivity contribution in [1.29, 1.82) is 5.41 Å². The molecule has 1 rings (SSSR count). The van der Waals surface area contributed by atoms with E-state index in [0.717, 1.165) is 18.5 Å². The van der Waals surface area contributed by atoms with Gasteiger partial charge in [-0.2, -0.15) is 0 Å². The molecule has 0 fully saturated rings. The standard InChI is InChI=1S/C11H16N2/c1-4-9(3)13-7-6-10(5-2)8-11(13)12/h6-8,12H,3-5H2,1-2H3. The molecule has 0 amide bonds. The van der Waals surface area contributed by atoms with Gasteiger partial charge in [0, 0.05) is 11.9 Å². The summed E-state index contributed by atoms with van der Waals surface area (Å²) in [7, 11) is 0. The van der Waals surface area contributed by atoms with Crippen LogP contribution in [0.2, 0.25) is 0 Å². The molecule has 2 nitrogen and oxygen atoms in total. The molecule has 1 N–H and O–H groups in total. The minimum atomic E-state index is 0.520. The number of hydrogen-bond acceptors (Lipinski definition) is 1. The Kier molecular flexibility index (Phi) is 3.07. The molecule has 0 radical (unpaired) electrons. The van der Waals surface area contributed by atoms with Crippen molar-refractivity contribution in [3.05, 3.63) is 36.0 Å². The molecule has 0 atom stereocenters. The minimum Gasteiger partial charge on any atom is -0.307 e. The van der Waals surface area contributed by atoms with Crippen molar-refractivity contribution in [3.8, 4) is 0 Å².